The molecule has 0 atom stereocenters. The summed E-state index contributed by atoms with van der Waals surface area (Å²) in [7, 11) is 1.37. The van der Waals surface area contributed by atoms with Gasteiger partial charge in [0.15, 0.2) is 0 Å². The maximum absolute atomic E-state index is 11.2. The molecule has 0 unspecified atom stereocenters. The number of rotatable bonds is 4. The zero-order valence-electron chi connectivity index (χ0n) is 10.4. The summed E-state index contributed by atoms with van der Waals surface area (Å²) in [5, 5.41) is 3.24. The second-order valence-electron chi connectivity index (χ2n) is 4.31. The van der Waals surface area contributed by atoms with E-state index in [0.717, 1.165) is 5.56 Å². The number of esters is 1. The maximum Gasteiger partial charge on any atom is 0.337 e. The molecule has 0 amide bonds. The van der Waals surface area contributed by atoms with Crippen LogP contribution in [0, 0.1) is 12.3 Å². The number of hydrogen-bond acceptors (Lipinski definition) is 3. The number of ether oxygens (including phenoxy) is 1. The minimum absolute atomic E-state index is 0.325. The van der Waals surface area contributed by atoms with Crippen molar-refractivity contribution in [3.8, 4) is 12.3 Å². The van der Waals surface area contributed by atoms with Gasteiger partial charge in [0, 0.05) is 6.54 Å². The quantitative estimate of drug-likeness (QED) is 0.636. The Morgan fingerprint density at radius 3 is 2.47 bits per heavy atom. The lowest BCUT2D eigenvalue weighted by molar-refractivity contribution is 0.0600. The van der Waals surface area contributed by atoms with E-state index in [1.54, 1.807) is 12.1 Å². The van der Waals surface area contributed by atoms with E-state index < -0.39 is 0 Å². The predicted octanol–water partition coefficient (Wildman–Crippen LogP) is 1.97. The molecule has 1 rings (SSSR count). The number of carbonyl (C=O) groups is 1. The van der Waals surface area contributed by atoms with Crippen LogP contribution in [0.15, 0.2) is 24.3 Å². The average molecular weight is 231 g/mol. The Bertz CT molecular complexity index is 427. The molecule has 3 nitrogen and oxygen atoms in total. The summed E-state index contributed by atoms with van der Waals surface area (Å²) in [5.74, 6) is 2.34. The summed E-state index contributed by atoms with van der Waals surface area (Å²) >= 11 is 0. The van der Waals surface area contributed by atoms with Crippen molar-refractivity contribution in [2.75, 3.05) is 7.11 Å². The van der Waals surface area contributed by atoms with Crippen LogP contribution in [0.25, 0.3) is 0 Å². The summed E-state index contributed by atoms with van der Waals surface area (Å²) in [6.07, 6.45) is 5.38. The number of terminal acetylenes is 1. The van der Waals surface area contributed by atoms with Gasteiger partial charge in [-0.15, -0.1) is 6.42 Å². The van der Waals surface area contributed by atoms with Crippen molar-refractivity contribution in [2.45, 2.75) is 25.9 Å². The molecule has 17 heavy (non-hydrogen) atoms. The normalized spacial score (nSPS) is 10.7. The summed E-state index contributed by atoms with van der Waals surface area (Å²) in [6, 6.07) is 7.25. The lowest BCUT2D eigenvalue weighted by atomic mass is 10.1. The summed E-state index contributed by atoms with van der Waals surface area (Å²) < 4.78 is 4.63. The van der Waals surface area contributed by atoms with E-state index >= 15 is 0 Å². The van der Waals surface area contributed by atoms with E-state index in [1.807, 2.05) is 26.0 Å². The summed E-state index contributed by atoms with van der Waals surface area (Å²) in [4.78, 5) is 11.2. The third kappa shape index (κ3) is 3.93. The molecule has 1 aromatic rings. The van der Waals surface area contributed by atoms with Gasteiger partial charge in [-0.25, -0.2) is 4.79 Å². The number of nitrogens with one attached hydrogen (secondary N) is 1. The third-order valence-corrected chi connectivity index (χ3v) is 2.47. The van der Waals surface area contributed by atoms with Crippen LogP contribution in [0.3, 0.4) is 0 Å². The third-order valence-electron chi connectivity index (χ3n) is 2.47. The molecule has 90 valence electrons. The van der Waals surface area contributed by atoms with Gasteiger partial charge in [-0.2, -0.15) is 0 Å². The number of hydrogen-bond donors (Lipinski definition) is 1. The topological polar surface area (TPSA) is 38.3 Å². The van der Waals surface area contributed by atoms with E-state index in [2.05, 4.69) is 16.0 Å². The van der Waals surface area contributed by atoms with E-state index in [9.17, 15) is 4.79 Å². The van der Waals surface area contributed by atoms with E-state index in [0.29, 0.717) is 12.1 Å². The first-order valence-corrected chi connectivity index (χ1v) is 5.38. The highest BCUT2D eigenvalue weighted by Gasteiger charge is 2.12. The molecular weight excluding hydrogens is 214 g/mol. The largest absolute Gasteiger partial charge is 0.465 e. The molecule has 0 heterocycles. The molecule has 1 aromatic carbocycles. The van der Waals surface area contributed by atoms with Crippen molar-refractivity contribution in [1.82, 2.24) is 5.32 Å². The van der Waals surface area contributed by atoms with Gasteiger partial charge in [-0.05, 0) is 31.5 Å². The Labute approximate surface area is 102 Å². The van der Waals surface area contributed by atoms with Gasteiger partial charge in [-0.1, -0.05) is 18.1 Å². The van der Waals surface area contributed by atoms with Crippen LogP contribution < -0.4 is 5.32 Å². The molecule has 0 radical (unpaired) electrons. The lowest BCUT2D eigenvalue weighted by Gasteiger charge is -2.19. The molecule has 1 N–H and O–H groups in total. The molecular formula is C14H17NO2. The van der Waals surface area contributed by atoms with Crippen molar-refractivity contribution in [3.63, 3.8) is 0 Å². The second kappa shape index (κ2) is 5.51. The number of benzene rings is 1. The van der Waals surface area contributed by atoms with Crippen LogP contribution >= 0.6 is 0 Å². The van der Waals surface area contributed by atoms with Crippen molar-refractivity contribution >= 4 is 5.97 Å². The van der Waals surface area contributed by atoms with Crippen LogP contribution in [0.4, 0.5) is 0 Å². The lowest BCUT2D eigenvalue weighted by Crippen LogP contribution is -2.36. The fourth-order valence-electron chi connectivity index (χ4n) is 1.25. The second-order valence-corrected chi connectivity index (χ2v) is 4.31. The zero-order chi connectivity index (χ0) is 12.9. The maximum atomic E-state index is 11.2. The van der Waals surface area contributed by atoms with Crippen LogP contribution in [-0.2, 0) is 11.3 Å². The van der Waals surface area contributed by atoms with Crippen LogP contribution in [-0.4, -0.2) is 18.6 Å². The molecule has 0 aliphatic carbocycles. The first-order valence-electron chi connectivity index (χ1n) is 5.38. The monoisotopic (exact) mass is 231 g/mol. The molecule has 0 saturated carbocycles. The molecule has 3 heteroatoms. The van der Waals surface area contributed by atoms with Gasteiger partial charge in [0.2, 0.25) is 0 Å². The van der Waals surface area contributed by atoms with E-state index in [4.69, 9.17) is 6.42 Å². The summed E-state index contributed by atoms with van der Waals surface area (Å²) in [5.41, 5.74) is 1.29. The first-order chi connectivity index (χ1) is 7.98. The molecule has 0 aliphatic heterocycles. The van der Waals surface area contributed by atoms with Crippen molar-refractivity contribution in [2.24, 2.45) is 0 Å². The van der Waals surface area contributed by atoms with Crippen molar-refractivity contribution in [3.05, 3.63) is 35.4 Å². The van der Waals surface area contributed by atoms with Gasteiger partial charge in [0.25, 0.3) is 0 Å². The van der Waals surface area contributed by atoms with E-state index in [1.165, 1.54) is 7.11 Å². The van der Waals surface area contributed by atoms with E-state index in [-0.39, 0.29) is 11.5 Å². The first kappa shape index (κ1) is 13.3. The van der Waals surface area contributed by atoms with Gasteiger partial charge >= 0.3 is 5.97 Å². The molecule has 0 bridgehead atoms. The fourth-order valence-corrected chi connectivity index (χ4v) is 1.25. The SMILES string of the molecule is C#CC(C)(C)NCc1ccc(C(=O)OC)cc1. The molecule has 0 fully saturated rings. The van der Waals surface area contributed by atoms with Crippen LogP contribution in [0.2, 0.25) is 0 Å². The number of methoxy groups -OCH3 is 1. The Morgan fingerprint density at radius 2 is 2.00 bits per heavy atom. The number of carbonyl (C=O) groups excluding carboxylic acids is 1. The van der Waals surface area contributed by atoms with Crippen molar-refractivity contribution < 1.29 is 9.53 Å². The molecule has 0 saturated heterocycles. The molecule has 0 spiro atoms. The van der Waals surface area contributed by atoms with Gasteiger partial charge < -0.3 is 4.74 Å². The minimum atomic E-state index is -0.332. The Kier molecular flexibility index (Phi) is 4.30. The Morgan fingerprint density at radius 1 is 1.41 bits per heavy atom. The Hall–Kier alpha value is -1.79. The van der Waals surface area contributed by atoms with Gasteiger partial charge in [0.05, 0.1) is 18.2 Å². The van der Waals surface area contributed by atoms with Crippen LogP contribution in [0.5, 0.6) is 0 Å². The van der Waals surface area contributed by atoms with Gasteiger partial charge in [0.1, 0.15) is 0 Å². The predicted molar refractivity (Wildman–Crippen MR) is 67.5 cm³/mol. The smallest absolute Gasteiger partial charge is 0.337 e. The summed E-state index contributed by atoms with van der Waals surface area (Å²) in [6.45, 7) is 4.55. The zero-order valence-corrected chi connectivity index (χ0v) is 10.4. The highest BCUT2D eigenvalue weighted by molar-refractivity contribution is 5.89. The standard InChI is InChI=1S/C14H17NO2/c1-5-14(2,3)15-10-11-6-8-12(9-7-11)13(16)17-4/h1,6-9,15H,10H2,2-4H3. The minimum Gasteiger partial charge on any atom is -0.465 e. The van der Waals surface area contributed by atoms with Gasteiger partial charge in [-0.3, -0.25) is 5.32 Å². The van der Waals surface area contributed by atoms with Crippen LogP contribution in [0.1, 0.15) is 29.8 Å². The average Bonchev–Trinajstić information content (AvgIpc) is 2.36. The molecule has 0 aliphatic rings. The fraction of sp³-hybridized carbons (Fsp3) is 0.357. The molecule has 0 aromatic heterocycles. The van der Waals surface area contributed by atoms with Crippen molar-refractivity contribution in [1.29, 1.82) is 0 Å². The highest BCUT2D eigenvalue weighted by atomic mass is 16.5. The Balaban J connectivity index is 2.64. The highest BCUT2D eigenvalue weighted by Crippen LogP contribution is 2.07.